The molecule has 0 aromatic heterocycles. The van der Waals surface area contributed by atoms with E-state index in [4.69, 9.17) is 0 Å². The monoisotopic (exact) mass is 669 g/mol. The molecule has 16 unspecified atom stereocenters. The Labute approximate surface area is 304 Å². The van der Waals surface area contributed by atoms with Crippen molar-refractivity contribution < 1.29 is 0 Å². The van der Waals surface area contributed by atoms with Crippen molar-refractivity contribution in [2.45, 2.75) is 187 Å². The molecule has 10 rings (SSSR count). The predicted octanol–water partition coefficient (Wildman–Crippen LogP) is 14.0. The van der Waals surface area contributed by atoms with Crippen molar-refractivity contribution in [2.24, 2.45) is 118 Å². The first-order chi connectivity index (χ1) is 24.1. The molecule has 276 valence electrons. The molecule has 0 aliphatic heterocycles. The van der Waals surface area contributed by atoms with Crippen molar-refractivity contribution in [1.82, 2.24) is 0 Å². The van der Waals surface area contributed by atoms with Crippen LogP contribution in [0.2, 0.25) is 0 Å². The molecule has 0 aromatic rings. The van der Waals surface area contributed by atoms with Gasteiger partial charge in [-0.2, -0.15) is 0 Å². The minimum atomic E-state index is 1.01. The summed E-state index contributed by atoms with van der Waals surface area (Å²) in [5.74, 6) is 22.2. The highest BCUT2D eigenvalue weighted by atomic mass is 14.6. The van der Waals surface area contributed by atoms with E-state index in [-0.39, 0.29) is 0 Å². The normalized spacial score (nSPS) is 55.2. The lowest BCUT2D eigenvalue weighted by Gasteiger charge is -2.62. The molecule has 10 fully saturated rings. The summed E-state index contributed by atoms with van der Waals surface area (Å²) in [6.07, 6.45) is 43.4. The van der Waals surface area contributed by atoms with E-state index in [2.05, 4.69) is 13.8 Å². The summed E-state index contributed by atoms with van der Waals surface area (Å²) in [6.45, 7) is 5.54. The molecule has 10 aliphatic carbocycles. The second-order valence-electron chi connectivity index (χ2n) is 22.2. The molecule has 0 heterocycles. The molecule has 0 N–H and O–H groups in total. The standard InChI is InChI=1S/C49H80/c1-30-12-23-40(43-27-20-36-17-24-39(32-10-6-7-11-32)31(2)47(36)46(30)43)34-13-15-35(16-14-34)42-26-19-38-21-28-44-41(33-8-4-3-5-9-33)25-18-37-22-29-45(42)49(38)48(37)44/h30-49H,3-29H2,1-2H3. The van der Waals surface area contributed by atoms with Gasteiger partial charge in [-0.3, -0.25) is 0 Å². The van der Waals surface area contributed by atoms with Crippen LogP contribution >= 0.6 is 0 Å². The molecule has 0 heteroatoms. The number of hydrogen-bond donors (Lipinski definition) is 0. The molecule has 49 heavy (non-hydrogen) atoms. The summed E-state index contributed by atoms with van der Waals surface area (Å²) in [5.41, 5.74) is 0. The van der Waals surface area contributed by atoms with Crippen LogP contribution in [0.25, 0.3) is 0 Å². The second kappa shape index (κ2) is 14.0. The minimum Gasteiger partial charge on any atom is -0.0622 e. The Morgan fingerprint density at radius 3 is 1.06 bits per heavy atom. The van der Waals surface area contributed by atoms with Crippen LogP contribution in [0.1, 0.15) is 187 Å². The van der Waals surface area contributed by atoms with E-state index in [1.807, 2.05) is 0 Å². The van der Waals surface area contributed by atoms with Gasteiger partial charge in [0.2, 0.25) is 0 Å². The number of hydrogen-bond acceptors (Lipinski definition) is 0. The summed E-state index contributed by atoms with van der Waals surface area (Å²) in [7, 11) is 0. The third-order valence-electron chi connectivity index (χ3n) is 21.1. The molecule has 0 bridgehead atoms. The maximum Gasteiger partial charge on any atom is -0.0321 e. The highest BCUT2D eigenvalue weighted by Crippen LogP contribution is 2.66. The van der Waals surface area contributed by atoms with Crippen LogP contribution in [0.4, 0.5) is 0 Å². The quantitative estimate of drug-likeness (QED) is 0.280. The Hall–Kier alpha value is 0. The molecule has 16 atom stereocenters. The first-order valence-electron chi connectivity index (χ1n) is 24.1. The van der Waals surface area contributed by atoms with Gasteiger partial charge in [0.05, 0.1) is 0 Å². The van der Waals surface area contributed by atoms with Crippen molar-refractivity contribution >= 4 is 0 Å². The highest BCUT2D eigenvalue weighted by Gasteiger charge is 2.58. The molecule has 0 spiro atoms. The van der Waals surface area contributed by atoms with Crippen molar-refractivity contribution in [2.75, 3.05) is 0 Å². The topological polar surface area (TPSA) is 0 Å². The summed E-state index contributed by atoms with van der Waals surface area (Å²) >= 11 is 0. The molecular weight excluding hydrogens is 589 g/mol. The van der Waals surface area contributed by atoms with Gasteiger partial charge in [0, 0.05) is 0 Å². The van der Waals surface area contributed by atoms with Gasteiger partial charge in [-0.05, 0) is 228 Å². The summed E-state index contributed by atoms with van der Waals surface area (Å²) in [6, 6.07) is 0. The Morgan fingerprint density at radius 2 is 0.551 bits per heavy atom. The molecule has 10 saturated carbocycles. The van der Waals surface area contributed by atoms with Gasteiger partial charge in [0.25, 0.3) is 0 Å². The Morgan fingerprint density at radius 1 is 0.224 bits per heavy atom. The van der Waals surface area contributed by atoms with Crippen LogP contribution in [0.15, 0.2) is 0 Å². The fourth-order valence-corrected chi connectivity index (χ4v) is 19.4. The maximum absolute atomic E-state index is 2.80. The summed E-state index contributed by atoms with van der Waals surface area (Å²) in [4.78, 5) is 0. The lowest BCUT2D eigenvalue weighted by atomic mass is 9.43. The zero-order chi connectivity index (χ0) is 32.6. The molecule has 0 aromatic carbocycles. The van der Waals surface area contributed by atoms with E-state index in [0.717, 1.165) is 107 Å². The van der Waals surface area contributed by atoms with Crippen LogP contribution in [0.5, 0.6) is 0 Å². The smallest absolute Gasteiger partial charge is 0.0321 e. The van der Waals surface area contributed by atoms with Gasteiger partial charge < -0.3 is 0 Å². The fraction of sp³-hybridized carbons (Fsp3) is 1.00. The zero-order valence-electron chi connectivity index (χ0n) is 32.6. The second-order valence-corrected chi connectivity index (χ2v) is 22.2. The number of rotatable bonds is 4. The van der Waals surface area contributed by atoms with Gasteiger partial charge in [0.15, 0.2) is 0 Å². The molecule has 0 amide bonds. The third-order valence-corrected chi connectivity index (χ3v) is 21.1. The maximum atomic E-state index is 2.80. The van der Waals surface area contributed by atoms with Gasteiger partial charge in [-0.15, -0.1) is 0 Å². The van der Waals surface area contributed by atoms with E-state index in [9.17, 15) is 0 Å². The fourth-order valence-electron chi connectivity index (χ4n) is 19.4. The van der Waals surface area contributed by atoms with Crippen molar-refractivity contribution in [3.05, 3.63) is 0 Å². The Balaban J connectivity index is 0.811. The number of fused-ring (bicyclic) bond motifs is 3. The lowest BCUT2D eigenvalue weighted by Crippen LogP contribution is -2.55. The predicted molar refractivity (Wildman–Crippen MR) is 206 cm³/mol. The van der Waals surface area contributed by atoms with Crippen LogP contribution in [0.3, 0.4) is 0 Å². The van der Waals surface area contributed by atoms with Crippen LogP contribution < -0.4 is 0 Å². The van der Waals surface area contributed by atoms with Crippen molar-refractivity contribution in [3.8, 4) is 0 Å². The van der Waals surface area contributed by atoms with Crippen molar-refractivity contribution in [1.29, 1.82) is 0 Å². The van der Waals surface area contributed by atoms with Crippen LogP contribution in [-0.4, -0.2) is 0 Å². The van der Waals surface area contributed by atoms with E-state index < -0.39 is 0 Å². The van der Waals surface area contributed by atoms with Gasteiger partial charge in [0.1, 0.15) is 0 Å². The summed E-state index contributed by atoms with van der Waals surface area (Å²) in [5, 5.41) is 0. The average molecular weight is 669 g/mol. The van der Waals surface area contributed by atoms with E-state index in [1.54, 1.807) is 173 Å². The first-order valence-corrected chi connectivity index (χ1v) is 24.1. The summed E-state index contributed by atoms with van der Waals surface area (Å²) < 4.78 is 0. The van der Waals surface area contributed by atoms with E-state index >= 15 is 0 Å². The van der Waals surface area contributed by atoms with Gasteiger partial charge >= 0.3 is 0 Å². The van der Waals surface area contributed by atoms with Gasteiger partial charge in [-0.1, -0.05) is 78.1 Å². The Bertz CT molecular complexity index is 1100. The van der Waals surface area contributed by atoms with E-state index in [0.29, 0.717) is 0 Å². The molecule has 0 radical (unpaired) electrons. The Kier molecular flexibility index (Phi) is 9.59. The van der Waals surface area contributed by atoms with Crippen LogP contribution in [-0.2, 0) is 0 Å². The van der Waals surface area contributed by atoms with E-state index in [1.165, 1.54) is 11.8 Å². The molecular formula is C49H80. The average Bonchev–Trinajstić information content (AvgIpc) is 3.69. The molecule has 10 aliphatic rings. The van der Waals surface area contributed by atoms with Gasteiger partial charge in [-0.25, -0.2) is 0 Å². The van der Waals surface area contributed by atoms with Crippen molar-refractivity contribution in [3.63, 3.8) is 0 Å². The largest absolute Gasteiger partial charge is 0.0622 e. The molecule has 0 nitrogen and oxygen atoms in total. The third kappa shape index (κ3) is 5.83. The first kappa shape index (κ1) is 33.6. The highest BCUT2D eigenvalue weighted by molar-refractivity contribution is 5.07. The zero-order valence-corrected chi connectivity index (χ0v) is 32.6. The van der Waals surface area contributed by atoms with Crippen LogP contribution in [0, 0.1) is 118 Å². The molecule has 0 saturated heterocycles. The SMILES string of the molecule is CC1CCC(C2CCC(C3CCC4CCC5C(C6CCCCC6)CCC6CCC3C4C65)CC2)C2CCC3CCC(C4CCCC4)C(C)C3C12. The lowest BCUT2D eigenvalue weighted by molar-refractivity contribution is -0.135. The minimum absolute atomic E-state index is 1.01.